The SMILES string of the molecule is FSOc1ccc(Br)cc1. The first-order valence-corrected chi connectivity index (χ1v) is 3.97. The molecule has 0 bridgehead atoms. The summed E-state index contributed by atoms with van der Waals surface area (Å²) in [5.41, 5.74) is 0. The summed E-state index contributed by atoms with van der Waals surface area (Å²) in [6.45, 7) is 0. The average Bonchev–Trinajstić information content (AvgIpc) is 1.95. The molecule has 0 heterocycles. The summed E-state index contributed by atoms with van der Waals surface area (Å²) >= 11 is 3.09. The Morgan fingerprint density at radius 2 is 1.90 bits per heavy atom. The minimum atomic E-state index is -0.155. The van der Waals surface area contributed by atoms with Crippen molar-refractivity contribution < 1.29 is 8.07 Å². The second-order valence-corrected chi connectivity index (χ2v) is 2.81. The third-order valence-electron chi connectivity index (χ3n) is 0.941. The largest absolute Gasteiger partial charge is 0.397 e. The van der Waals surface area contributed by atoms with Crippen LogP contribution >= 0.6 is 28.4 Å². The molecule has 0 aromatic heterocycles. The predicted molar refractivity (Wildman–Crippen MR) is 43.5 cm³/mol. The summed E-state index contributed by atoms with van der Waals surface area (Å²) in [5.74, 6) is 0.510. The fraction of sp³-hybridized carbons (Fsp3) is 0. The minimum Gasteiger partial charge on any atom is -0.397 e. The van der Waals surface area contributed by atoms with Gasteiger partial charge in [0.05, 0.1) is 0 Å². The number of halogens is 2. The molecule has 0 aliphatic carbocycles. The zero-order chi connectivity index (χ0) is 7.40. The van der Waals surface area contributed by atoms with Gasteiger partial charge in [-0.05, 0) is 24.3 Å². The van der Waals surface area contributed by atoms with Crippen LogP contribution in [0.3, 0.4) is 0 Å². The molecule has 0 spiro atoms. The van der Waals surface area contributed by atoms with E-state index in [2.05, 4.69) is 20.1 Å². The topological polar surface area (TPSA) is 9.23 Å². The quantitative estimate of drug-likeness (QED) is 0.711. The van der Waals surface area contributed by atoms with Crippen LogP contribution in [-0.2, 0) is 0 Å². The lowest BCUT2D eigenvalue weighted by molar-refractivity contribution is 0.611. The van der Waals surface area contributed by atoms with Crippen LogP contribution in [0, 0.1) is 0 Å². The monoisotopic (exact) mass is 222 g/mol. The fourth-order valence-corrected chi connectivity index (χ4v) is 0.975. The Hall–Kier alpha value is -0.220. The van der Waals surface area contributed by atoms with Crippen LogP contribution in [0.2, 0.25) is 0 Å². The molecule has 0 fully saturated rings. The van der Waals surface area contributed by atoms with Gasteiger partial charge in [0.1, 0.15) is 5.75 Å². The Balaban J connectivity index is 2.69. The van der Waals surface area contributed by atoms with Crippen LogP contribution in [-0.4, -0.2) is 0 Å². The van der Waals surface area contributed by atoms with Crippen molar-refractivity contribution in [2.45, 2.75) is 0 Å². The van der Waals surface area contributed by atoms with E-state index < -0.39 is 0 Å². The smallest absolute Gasteiger partial charge is 0.272 e. The van der Waals surface area contributed by atoms with Crippen molar-refractivity contribution in [3.63, 3.8) is 0 Å². The molecular weight excluding hydrogens is 219 g/mol. The van der Waals surface area contributed by atoms with E-state index in [0.717, 1.165) is 4.47 Å². The normalized spacial score (nSPS) is 9.40. The molecular formula is C6H4BrFOS. The minimum absolute atomic E-state index is 0.155. The van der Waals surface area contributed by atoms with Crippen molar-refractivity contribution in [3.05, 3.63) is 28.7 Å². The Morgan fingerprint density at radius 1 is 1.30 bits per heavy atom. The van der Waals surface area contributed by atoms with E-state index in [1.165, 1.54) is 0 Å². The van der Waals surface area contributed by atoms with E-state index >= 15 is 0 Å². The fourth-order valence-electron chi connectivity index (χ4n) is 0.527. The maximum absolute atomic E-state index is 11.5. The summed E-state index contributed by atoms with van der Waals surface area (Å²) in [4.78, 5) is 0. The van der Waals surface area contributed by atoms with Gasteiger partial charge >= 0.3 is 0 Å². The second-order valence-electron chi connectivity index (χ2n) is 1.60. The van der Waals surface area contributed by atoms with Crippen LogP contribution in [0.1, 0.15) is 0 Å². The predicted octanol–water partition coefficient (Wildman–Crippen LogP) is 3.36. The van der Waals surface area contributed by atoms with E-state index in [9.17, 15) is 3.89 Å². The van der Waals surface area contributed by atoms with E-state index in [1.54, 1.807) is 24.3 Å². The molecule has 0 N–H and O–H groups in total. The third-order valence-corrected chi connectivity index (χ3v) is 1.73. The van der Waals surface area contributed by atoms with Gasteiger partial charge in [0.15, 0.2) is 0 Å². The molecule has 0 saturated heterocycles. The first-order chi connectivity index (χ1) is 4.83. The zero-order valence-corrected chi connectivity index (χ0v) is 7.28. The van der Waals surface area contributed by atoms with E-state index in [-0.39, 0.29) is 12.4 Å². The zero-order valence-electron chi connectivity index (χ0n) is 4.88. The standard InChI is InChI=1S/C6H4BrFOS/c7-5-1-3-6(4-2-5)9-10-8/h1-4H. The number of rotatable bonds is 2. The molecule has 10 heavy (non-hydrogen) atoms. The van der Waals surface area contributed by atoms with Crippen LogP contribution in [0.5, 0.6) is 5.75 Å². The molecule has 1 nitrogen and oxygen atoms in total. The number of benzene rings is 1. The lowest BCUT2D eigenvalue weighted by Gasteiger charge is -1.95. The van der Waals surface area contributed by atoms with Gasteiger partial charge in [-0.2, -0.15) is 0 Å². The van der Waals surface area contributed by atoms with Gasteiger partial charge in [0.2, 0.25) is 0 Å². The lowest BCUT2D eigenvalue weighted by Crippen LogP contribution is -1.74. The Morgan fingerprint density at radius 3 is 2.40 bits per heavy atom. The summed E-state index contributed by atoms with van der Waals surface area (Å²) in [7, 11) is 0. The van der Waals surface area contributed by atoms with Crippen LogP contribution in [0.25, 0.3) is 0 Å². The van der Waals surface area contributed by atoms with Crippen molar-refractivity contribution in [3.8, 4) is 5.75 Å². The maximum Gasteiger partial charge on any atom is 0.272 e. The molecule has 0 amide bonds. The highest BCUT2D eigenvalue weighted by molar-refractivity contribution is 9.10. The van der Waals surface area contributed by atoms with Gasteiger partial charge in [-0.3, -0.25) is 0 Å². The first kappa shape index (κ1) is 7.88. The molecule has 54 valence electrons. The Labute approximate surface area is 71.2 Å². The number of hydrogen-bond donors (Lipinski definition) is 0. The molecule has 0 aliphatic rings. The molecule has 1 aromatic rings. The van der Waals surface area contributed by atoms with Crippen molar-refractivity contribution in [2.75, 3.05) is 0 Å². The summed E-state index contributed by atoms with van der Waals surface area (Å²) in [6, 6.07) is 6.92. The highest BCUT2D eigenvalue weighted by Gasteiger charge is 1.91. The van der Waals surface area contributed by atoms with E-state index in [1.807, 2.05) is 0 Å². The number of hydrogen-bond acceptors (Lipinski definition) is 2. The van der Waals surface area contributed by atoms with E-state index in [4.69, 9.17) is 0 Å². The Kier molecular flexibility index (Phi) is 3.02. The van der Waals surface area contributed by atoms with Crippen molar-refractivity contribution >= 4 is 28.4 Å². The van der Waals surface area contributed by atoms with Gasteiger partial charge in [0, 0.05) is 4.47 Å². The molecule has 0 radical (unpaired) electrons. The van der Waals surface area contributed by atoms with Gasteiger partial charge < -0.3 is 4.18 Å². The molecule has 1 aromatic carbocycles. The van der Waals surface area contributed by atoms with Gasteiger partial charge in [-0.1, -0.05) is 15.9 Å². The maximum atomic E-state index is 11.5. The van der Waals surface area contributed by atoms with Crippen molar-refractivity contribution in [2.24, 2.45) is 0 Å². The summed E-state index contributed by atoms with van der Waals surface area (Å²) < 4.78 is 16.9. The Bertz CT molecular complexity index is 201. The molecule has 4 heteroatoms. The first-order valence-electron chi connectivity index (χ1n) is 2.54. The highest BCUT2D eigenvalue weighted by atomic mass is 79.9. The second kappa shape index (κ2) is 3.83. The van der Waals surface area contributed by atoms with Gasteiger partial charge in [-0.15, -0.1) is 3.89 Å². The molecule has 1 rings (SSSR count). The summed E-state index contributed by atoms with van der Waals surface area (Å²) in [5, 5.41) is 0. The molecule has 0 atom stereocenters. The van der Waals surface area contributed by atoms with E-state index in [0.29, 0.717) is 5.75 Å². The van der Waals surface area contributed by atoms with Crippen LogP contribution in [0.15, 0.2) is 28.7 Å². The van der Waals surface area contributed by atoms with Gasteiger partial charge in [0.25, 0.3) is 12.4 Å². The molecule has 0 saturated carbocycles. The molecule has 0 unspecified atom stereocenters. The summed E-state index contributed by atoms with van der Waals surface area (Å²) in [6.07, 6.45) is 0. The van der Waals surface area contributed by atoms with Gasteiger partial charge in [-0.25, -0.2) is 0 Å². The highest BCUT2D eigenvalue weighted by Crippen LogP contribution is 2.19. The van der Waals surface area contributed by atoms with Crippen LogP contribution < -0.4 is 4.18 Å². The van der Waals surface area contributed by atoms with Crippen molar-refractivity contribution in [1.29, 1.82) is 0 Å². The third kappa shape index (κ3) is 2.19. The van der Waals surface area contributed by atoms with Crippen molar-refractivity contribution in [1.82, 2.24) is 0 Å². The van der Waals surface area contributed by atoms with Crippen LogP contribution in [0.4, 0.5) is 3.89 Å². The lowest BCUT2D eigenvalue weighted by atomic mass is 10.3. The average molecular weight is 223 g/mol. The molecule has 0 aliphatic heterocycles.